The van der Waals surface area contributed by atoms with E-state index in [4.69, 9.17) is 9.52 Å². The lowest BCUT2D eigenvalue weighted by Crippen LogP contribution is -1.94. The number of carboxylic acids is 1. The minimum absolute atomic E-state index is 0.242. The number of benzene rings is 2. The molecule has 0 saturated carbocycles. The normalized spacial score (nSPS) is 11.2. The van der Waals surface area contributed by atoms with Crippen LogP contribution in [0.1, 0.15) is 21.5 Å². The summed E-state index contributed by atoms with van der Waals surface area (Å²) in [6.45, 7) is 3.73. The van der Waals surface area contributed by atoms with Crippen molar-refractivity contribution in [2.24, 2.45) is 0 Å². The summed E-state index contributed by atoms with van der Waals surface area (Å²) in [7, 11) is 0. The largest absolute Gasteiger partial charge is 0.478 e. The van der Waals surface area contributed by atoms with Crippen LogP contribution in [0, 0.1) is 19.7 Å². The molecule has 130 valence electrons. The van der Waals surface area contributed by atoms with Gasteiger partial charge in [0.25, 0.3) is 0 Å². The van der Waals surface area contributed by atoms with Crippen LogP contribution in [0.5, 0.6) is 0 Å². The Kier molecular flexibility index (Phi) is 3.65. The van der Waals surface area contributed by atoms with E-state index in [0.717, 1.165) is 33.5 Å². The Morgan fingerprint density at radius 1 is 1.04 bits per heavy atom. The highest BCUT2D eigenvalue weighted by Gasteiger charge is 2.16. The SMILES string of the molecule is Cc1c(-c2ccc(-c3ccc(C(=O)O)cc3)[nH]2)oc2c(C)cc(F)cc12. The second-order valence-electron chi connectivity index (χ2n) is 6.32. The van der Waals surface area contributed by atoms with Gasteiger partial charge in [-0.2, -0.15) is 0 Å². The van der Waals surface area contributed by atoms with Crippen LogP contribution in [-0.4, -0.2) is 16.1 Å². The van der Waals surface area contributed by atoms with E-state index in [2.05, 4.69) is 4.98 Å². The number of H-pyrrole nitrogens is 1. The molecule has 26 heavy (non-hydrogen) atoms. The molecule has 5 heteroatoms. The Morgan fingerprint density at radius 3 is 2.42 bits per heavy atom. The molecule has 0 aliphatic carbocycles. The minimum atomic E-state index is -0.954. The fourth-order valence-electron chi connectivity index (χ4n) is 3.19. The first-order chi connectivity index (χ1) is 12.4. The van der Waals surface area contributed by atoms with Gasteiger partial charge >= 0.3 is 5.97 Å². The molecule has 2 N–H and O–H groups in total. The van der Waals surface area contributed by atoms with Gasteiger partial charge in [-0.3, -0.25) is 0 Å². The van der Waals surface area contributed by atoms with E-state index in [-0.39, 0.29) is 11.4 Å². The van der Waals surface area contributed by atoms with E-state index in [1.54, 1.807) is 24.3 Å². The molecule has 2 aromatic heterocycles. The molecule has 4 rings (SSSR count). The van der Waals surface area contributed by atoms with Crippen LogP contribution in [0.4, 0.5) is 4.39 Å². The average molecular weight is 349 g/mol. The molecule has 0 aliphatic heterocycles. The van der Waals surface area contributed by atoms with Crippen LogP contribution in [0.2, 0.25) is 0 Å². The van der Waals surface area contributed by atoms with Crippen LogP contribution in [0.15, 0.2) is 52.9 Å². The third-order valence-corrected chi connectivity index (χ3v) is 4.56. The number of hydrogen-bond acceptors (Lipinski definition) is 2. The highest BCUT2D eigenvalue weighted by molar-refractivity contribution is 5.90. The maximum Gasteiger partial charge on any atom is 0.335 e. The number of halogens is 1. The number of aromatic amines is 1. The highest BCUT2D eigenvalue weighted by atomic mass is 19.1. The summed E-state index contributed by atoms with van der Waals surface area (Å²) in [6.07, 6.45) is 0. The number of hydrogen-bond donors (Lipinski definition) is 2. The first kappa shape index (κ1) is 16.1. The third kappa shape index (κ3) is 2.58. The molecule has 0 spiro atoms. The van der Waals surface area contributed by atoms with Crippen molar-refractivity contribution in [3.05, 3.63) is 71.0 Å². The van der Waals surface area contributed by atoms with Crippen molar-refractivity contribution >= 4 is 16.9 Å². The first-order valence-electron chi connectivity index (χ1n) is 8.16. The average Bonchev–Trinajstić information content (AvgIpc) is 3.21. The zero-order valence-electron chi connectivity index (χ0n) is 14.3. The summed E-state index contributed by atoms with van der Waals surface area (Å²) in [6, 6.07) is 13.4. The van der Waals surface area contributed by atoms with E-state index < -0.39 is 5.97 Å². The summed E-state index contributed by atoms with van der Waals surface area (Å²) in [5.74, 6) is -0.567. The predicted molar refractivity (Wildman–Crippen MR) is 97.8 cm³/mol. The number of carbonyl (C=O) groups is 1. The molecule has 0 aliphatic rings. The zero-order chi connectivity index (χ0) is 18.4. The van der Waals surface area contributed by atoms with Crippen LogP contribution in [-0.2, 0) is 0 Å². The van der Waals surface area contributed by atoms with Gasteiger partial charge in [-0.25, -0.2) is 9.18 Å². The Hall–Kier alpha value is -3.34. The standard InChI is InChI=1S/C21H16FNO3/c1-11-9-15(22)10-16-12(2)20(26-19(11)16)18-8-7-17(23-18)13-3-5-14(6-4-13)21(24)25/h3-10,23H,1-2H3,(H,24,25). The number of furan rings is 1. The maximum atomic E-state index is 13.7. The van der Waals surface area contributed by atoms with Gasteiger partial charge in [-0.1, -0.05) is 12.1 Å². The minimum Gasteiger partial charge on any atom is -0.478 e. The van der Waals surface area contributed by atoms with Crippen molar-refractivity contribution in [2.75, 3.05) is 0 Å². The van der Waals surface area contributed by atoms with Gasteiger partial charge in [-0.05, 0) is 61.4 Å². The molecule has 0 saturated heterocycles. The molecule has 0 radical (unpaired) electrons. The van der Waals surface area contributed by atoms with Gasteiger partial charge in [-0.15, -0.1) is 0 Å². The lowest BCUT2D eigenvalue weighted by molar-refractivity contribution is 0.0697. The number of aromatic carboxylic acids is 1. The molecule has 4 nitrogen and oxygen atoms in total. The van der Waals surface area contributed by atoms with Gasteiger partial charge < -0.3 is 14.5 Å². The summed E-state index contributed by atoms with van der Waals surface area (Å²) in [4.78, 5) is 14.3. The molecule has 0 fully saturated rings. The molecular weight excluding hydrogens is 333 g/mol. The molecule has 2 heterocycles. The molecular formula is C21H16FNO3. The second-order valence-corrected chi connectivity index (χ2v) is 6.32. The van der Waals surface area contributed by atoms with E-state index in [0.29, 0.717) is 11.3 Å². The summed E-state index contributed by atoms with van der Waals surface area (Å²) in [5, 5.41) is 9.76. The van der Waals surface area contributed by atoms with Crippen molar-refractivity contribution < 1.29 is 18.7 Å². The fraction of sp³-hybridized carbons (Fsp3) is 0.0952. The number of rotatable bonds is 3. The highest BCUT2D eigenvalue weighted by Crippen LogP contribution is 2.35. The lowest BCUT2D eigenvalue weighted by Gasteiger charge is -2.00. The smallest absolute Gasteiger partial charge is 0.335 e. The topological polar surface area (TPSA) is 66.2 Å². The van der Waals surface area contributed by atoms with Crippen molar-refractivity contribution in [3.63, 3.8) is 0 Å². The van der Waals surface area contributed by atoms with Crippen LogP contribution in [0.25, 0.3) is 33.7 Å². The second kappa shape index (κ2) is 5.88. The number of aromatic nitrogens is 1. The maximum absolute atomic E-state index is 13.7. The van der Waals surface area contributed by atoms with Gasteiger partial charge in [0.05, 0.1) is 11.3 Å². The van der Waals surface area contributed by atoms with Crippen LogP contribution >= 0.6 is 0 Å². The van der Waals surface area contributed by atoms with Gasteiger partial charge in [0.2, 0.25) is 0 Å². The quantitative estimate of drug-likeness (QED) is 0.510. The zero-order valence-corrected chi connectivity index (χ0v) is 14.3. The Labute approximate surface area is 148 Å². The predicted octanol–water partition coefficient (Wildman–Crippen LogP) is 5.55. The Bertz CT molecular complexity index is 1140. The number of carboxylic acid groups (broad SMARTS) is 1. The van der Waals surface area contributed by atoms with Gasteiger partial charge in [0, 0.05) is 16.6 Å². The summed E-state index contributed by atoms with van der Waals surface area (Å²) < 4.78 is 19.7. The van der Waals surface area contributed by atoms with E-state index >= 15 is 0 Å². The Morgan fingerprint density at radius 2 is 1.73 bits per heavy atom. The van der Waals surface area contributed by atoms with Gasteiger partial charge in [0.1, 0.15) is 11.4 Å². The summed E-state index contributed by atoms with van der Waals surface area (Å²) >= 11 is 0. The van der Waals surface area contributed by atoms with Crippen molar-refractivity contribution in [2.45, 2.75) is 13.8 Å². The van der Waals surface area contributed by atoms with Crippen LogP contribution < -0.4 is 0 Å². The first-order valence-corrected chi connectivity index (χ1v) is 8.16. The summed E-state index contributed by atoms with van der Waals surface area (Å²) in [5.41, 5.74) is 5.06. The van der Waals surface area contributed by atoms with E-state index in [1.165, 1.54) is 12.1 Å². The number of fused-ring (bicyclic) bond motifs is 1. The molecule has 0 atom stereocenters. The molecule has 2 aromatic carbocycles. The van der Waals surface area contributed by atoms with Crippen molar-refractivity contribution in [1.82, 2.24) is 4.98 Å². The molecule has 0 bridgehead atoms. The number of nitrogens with one attached hydrogen (secondary N) is 1. The number of aryl methyl sites for hydroxylation is 2. The third-order valence-electron chi connectivity index (χ3n) is 4.56. The monoisotopic (exact) mass is 349 g/mol. The van der Waals surface area contributed by atoms with E-state index in [1.807, 2.05) is 26.0 Å². The van der Waals surface area contributed by atoms with Crippen LogP contribution in [0.3, 0.4) is 0 Å². The fourth-order valence-corrected chi connectivity index (χ4v) is 3.19. The molecule has 4 aromatic rings. The lowest BCUT2D eigenvalue weighted by atomic mass is 10.1. The Balaban J connectivity index is 1.76. The van der Waals surface area contributed by atoms with Crippen molar-refractivity contribution in [3.8, 4) is 22.7 Å². The molecule has 0 amide bonds. The molecule has 0 unspecified atom stereocenters. The van der Waals surface area contributed by atoms with Gasteiger partial charge in [0.15, 0.2) is 5.76 Å². The van der Waals surface area contributed by atoms with E-state index in [9.17, 15) is 9.18 Å². The van der Waals surface area contributed by atoms with Crippen molar-refractivity contribution in [1.29, 1.82) is 0 Å².